The Bertz CT molecular complexity index is 500. The van der Waals surface area contributed by atoms with Crippen molar-refractivity contribution in [2.45, 2.75) is 20.3 Å². The van der Waals surface area contributed by atoms with Crippen LogP contribution in [0.1, 0.15) is 20.3 Å². The molecule has 0 spiro atoms. The van der Waals surface area contributed by atoms with Crippen LogP contribution < -0.4 is 20.1 Å². The summed E-state index contributed by atoms with van der Waals surface area (Å²) in [6.45, 7) is 3.91. The van der Waals surface area contributed by atoms with E-state index < -0.39 is 0 Å². The Labute approximate surface area is 124 Å². The third-order valence-electron chi connectivity index (χ3n) is 2.86. The Hall–Kier alpha value is -2.24. The second-order valence-corrected chi connectivity index (χ2v) is 4.81. The molecule has 0 aliphatic carbocycles. The molecule has 6 heteroatoms. The molecule has 1 aromatic rings. The first-order valence-electron chi connectivity index (χ1n) is 6.77. The third-order valence-corrected chi connectivity index (χ3v) is 2.86. The van der Waals surface area contributed by atoms with E-state index in [2.05, 4.69) is 10.6 Å². The van der Waals surface area contributed by atoms with E-state index in [4.69, 9.17) is 9.47 Å². The van der Waals surface area contributed by atoms with Gasteiger partial charge in [0, 0.05) is 24.9 Å². The van der Waals surface area contributed by atoms with Crippen molar-refractivity contribution in [1.82, 2.24) is 5.32 Å². The molecule has 0 aliphatic heterocycles. The molecule has 0 saturated carbocycles. The summed E-state index contributed by atoms with van der Waals surface area (Å²) in [5.41, 5.74) is 0.568. The fourth-order valence-electron chi connectivity index (χ4n) is 1.62. The quantitative estimate of drug-likeness (QED) is 0.804. The molecule has 0 saturated heterocycles. The highest BCUT2D eigenvalue weighted by molar-refractivity contribution is 5.92. The maximum atomic E-state index is 11.8. The van der Waals surface area contributed by atoms with Crippen molar-refractivity contribution < 1.29 is 19.1 Å². The third kappa shape index (κ3) is 5.33. The molecule has 2 N–H and O–H groups in total. The normalized spacial score (nSPS) is 10.1. The largest absolute Gasteiger partial charge is 0.497 e. The number of amides is 2. The number of carbonyl (C=O) groups is 2. The average molecular weight is 294 g/mol. The van der Waals surface area contributed by atoms with Gasteiger partial charge in [0.05, 0.1) is 19.9 Å². The van der Waals surface area contributed by atoms with Crippen LogP contribution in [-0.4, -0.2) is 32.6 Å². The number of hydrogen-bond donors (Lipinski definition) is 2. The summed E-state index contributed by atoms with van der Waals surface area (Å²) in [5.74, 6) is 0.824. The predicted molar refractivity (Wildman–Crippen MR) is 80.6 cm³/mol. The molecular weight excluding hydrogens is 272 g/mol. The Morgan fingerprint density at radius 1 is 1.19 bits per heavy atom. The van der Waals surface area contributed by atoms with E-state index >= 15 is 0 Å². The summed E-state index contributed by atoms with van der Waals surface area (Å²) >= 11 is 0. The highest BCUT2D eigenvalue weighted by Crippen LogP contribution is 2.28. The summed E-state index contributed by atoms with van der Waals surface area (Å²) in [4.78, 5) is 23.2. The number of nitrogens with one attached hydrogen (secondary N) is 2. The van der Waals surface area contributed by atoms with Gasteiger partial charge in [-0.2, -0.15) is 0 Å². The van der Waals surface area contributed by atoms with Crippen molar-refractivity contribution in [3.05, 3.63) is 18.2 Å². The van der Waals surface area contributed by atoms with Gasteiger partial charge in [0.2, 0.25) is 11.8 Å². The lowest BCUT2D eigenvalue weighted by Crippen LogP contribution is -2.30. The first-order valence-corrected chi connectivity index (χ1v) is 6.77. The summed E-state index contributed by atoms with van der Waals surface area (Å²) < 4.78 is 10.3. The Kier molecular flexibility index (Phi) is 6.52. The molecule has 1 rings (SSSR count). The second kappa shape index (κ2) is 8.14. The van der Waals surface area contributed by atoms with Gasteiger partial charge in [-0.1, -0.05) is 13.8 Å². The number of anilines is 1. The van der Waals surface area contributed by atoms with Gasteiger partial charge in [-0.05, 0) is 12.1 Å². The molecule has 0 radical (unpaired) electrons. The van der Waals surface area contributed by atoms with Crippen molar-refractivity contribution in [3.63, 3.8) is 0 Å². The standard InChI is InChI=1S/C15H22N2O4/c1-10(2)15(19)16-8-7-14(18)17-12-6-5-11(20-3)9-13(12)21-4/h5-6,9-10H,7-8H2,1-4H3,(H,16,19)(H,17,18). The van der Waals surface area contributed by atoms with Crippen LogP contribution in [0.3, 0.4) is 0 Å². The van der Waals surface area contributed by atoms with Gasteiger partial charge in [-0.25, -0.2) is 0 Å². The highest BCUT2D eigenvalue weighted by Gasteiger charge is 2.10. The second-order valence-electron chi connectivity index (χ2n) is 4.81. The topological polar surface area (TPSA) is 76.7 Å². The van der Waals surface area contributed by atoms with Gasteiger partial charge in [0.1, 0.15) is 11.5 Å². The van der Waals surface area contributed by atoms with Crippen LogP contribution >= 0.6 is 0 Å². The maximum absolute atomic E-state index is 11.8. The van der Waals surface area contributed by atoms with Crippen LogP contribution in [0.2, 0.25) is 0 Å². The first kappa shape index (κ1) is 16.8. The summed E-state index contributed by atoms with van der Waals surface area (Å²) in [5, 5.41) is 5.44. The molecule has 0 aromatic heterocycles. The van der Waals surface area contributed by atoms with Gasteiger partial charge in [0.25, 0.3) is 0 Å². The molecule has 6 nitrogen and oxygen atoms in total. The lowest BCUT2D eigenvalue weighted by atomic mass is 10.2. The molecule has 0 fully saturated rings. The van der Waals surface area contributed by atoms with Gasteiger partial charge >= 0.3 is 0 Å². The van der Waals surface area contributed by atoms with Crippen molar-refractivity contribution in [3.8, 4) is 11.5 Å². The van der Waals surface area contributed by atoms with Crippen LogP contribution in [-0.2, 0) is 9.59 Å². The fourth-order valence-corrected chi connectivity index (χ4v) is 1.62. The van der Waals surface area contributed by atoms with Crippen molar-refractivity contribution in [2.75, 3.05) is 26.1 Å². The molecule has 0 heterocycles. The minimum Gasteiger partial charge on any atom is -0.497 e. The van der Waals surface area contributed by atoms with E-state index in [0.29, 0.717) is 23.7 Å². The molecule has 0 unspecified atom stereocenters. The lowest BCUT2D eigenvalue weighted by Gasteiger charge is -2.12. The molecule has 2 amide bonds. The lowest BCUT2D eigenvalue weighted by molar-refractivity contribution is -0.124. The molecule has 0 bridgehead atoms. The number of rotatable bonds is 7. The molecule has 0 aliphatic rings. The molecule has 0 atom stereocenters. The van der Waals surface area contributed by atoms with Crippen molar-refractivity contribution >= 4 is 17.5 Å². The van der Waals surface area contributed by atoms with Crippen LogP contribution in [0.15, 0.2) is 18.2 Å². The SMILES string of the molecule is COc1ccc(NC(=O)CCNC(=O)C(C)C)c(OC)c1. The monoisotopic (exact) mass is 294 g/mol. The van der Waals surface area contributed by atoms with Crippen LogP contribution in [0, 0.1) is 5.92 Å². The minimum absolute atomic E-state index is 0.0650. The fraction of sp³-hybridized carbons (Fsp3) is 0.467. The predicted octanol–water partition coefficient (Wildman–Crippen LogP) is 1.80. The smallest absolute Gasteiger partial charge is 0.226 e. The maximum Gasteiger partial charge on any atom is 0.226 e. The molecule has 1 aromatic carbocycles. The zero-order valence-electron chi connectivity index (χ0n) is 12.9. The van der Waals surface area contributed by atoms with Gasteiger partial charge in [-0.15, -0.1) is 0 Å². The highest BCUT2D eigenvalue weighted by atomic mass is 16.5. The molecule has 21 heavy (non-hydrogen) atoms. The van der Waals surface area contributed by atoms with Crippen molar-refractivity contribution in [2.24, 2.45) is 5.92 Å². The van der Waals surface area contributed by atoms with E-state index in [-0.39, 0.29) is 24.2 Å². The van der Waals surface area contributed by atoms with Gasteiger partial charge in [-0.3, -0.25) is 9.59 Å². The number of hydrogen-bond acceptors (Lipinski definition) is 4. The number of ether oxygens (including phenoxy) is 2. The number of methoxy groups -OCH3 is 2. The first-order chi connectivity index (χ1) is 9.97. The summed E-state index contributed by atoms with van der Waals surface area (Å²) in [6, 6.07) is 5.14. The van der Waals surface area contributed by atoms with Gasteiger partial charge in [0.15, 0.2) is 0 Å². The Morgan fingerprint density at radius 3 is 2.48 bits per heavy atom. The number of carbonyl (C=O) groups excluding carboxylic acids is 2. The molecular formula is C15H22N2O4. The average Bonchev–Trinajstić information content (AvgIpc) is 2.47. The van der Waals surface area contributed by atoms with Crippen LogP contribution in [0.5, 0.6) is 11.5 Å². The van der Waals surface area contributed by atoms with E-state index in [1.54, 1.807) is 39.2 Å². The van der Waals surface area contributed by atoms with Crippen molar-refractivity contribution in [1.29, 1.82) is 0 Å². The summed E-state index contributed by atoms with van der Waals surface area (Å²) in [6.07, 6.45) is 0.202. The van der Waals surface area contributed by atoms with E-state index in [1.165, 1.54) is 7.11 Å². The Balaban J connectivity index is 2.53. The number of benzene rings is 1. The minimum atomic E-state index is -0.192. The van der Waals surface area contributed by atoms with Gasteiger partial charge < -0.3 is 20.1 Å². The van der Waals surface area contributed by atoms with Crippen LogP contribution in [0.25, 0.3) is 0 Å². The zero-order valence-corrected chi connectivity index (χ0v) is 12.9. The van der Waals surface area contributed by atoms with E-state index in [1.807, 2.05) is 0 Å². The van der Waals surface area contributed by atoms with E-state index in [9.17, 15) is 9.59 Å². The summed E-state index contributed by atoms with van der Waals surface area (Å²) in [7, 11) is 3.08. The molecule has 116 valence electrons. The van der Waals surface area contributed by atoms with Crippen LogP contribution in [0.4, 0.5) is 5.69 Å². The zero-order chi connectivity index (χ0) is 15.8. The van der Waals surface area contributed by atoms with E-state index in [0.717, 1.165) is 0 Å². The Morgan fingerprint density at radius 2 is 1.90 bits per heavy atom.